The summed E-state index contributed by atoms with van der Waals surface area (Å²) in [6.07, 6.45) is 5.18. The summed E-state index contributed by atoms with van der Waals surface area (Å²) < 4.78 is 0. The number of nitrogens with zero attached hydrogens (tertiary/aromatic N) is 2. The number of aliphatic imine (C=N–C) groups is 1. The van der Waals surface area contributed by atoms with Gasteiger partial charge in [0.1, 0.15) is 0 Å². The first kappa shape index (κ1) is 12.3. The summed E-state index contributed by atoms with van der Waals surface area (Å²) in [5, 5.41) is 0. The van der Waals surface area contributed by atoms with Gasteiger partial charge in [0, 0.05) is 24.7 Å². The van der Waals surface area contributed by atoms with E-state index in [0.29, 0.717) is 11.7 Å². The molecule has 0 unspecified atom stereocenters. The van der Waals surface area contributed by atoms with Crippen molar-refractivity contribution in [3.05, 3.63) is 34.9 Å². The van der Waals surface area contributed by atoms with Crippen LogP contribution in [0.15, 0.2) is 23.2 Å². The molecule has 0 aromatic heterocycles. The van der Waals surface area contributed by atoms with Crippen LogP contribution in [0.4, 0.5) is 0 Å². The molecule has 0 saturated carbocycles. The Morgan fingerprint density at radius 3 is 2.90 bits per heavy atom. The van der Waals surface area contributed by atoms with Gasteiger partial charge in [0.05, 0.1) is 6.54 Å². The monoisotopic (exact) mass is 268 g/mol. The van der Waals surface area contributed by atoms with E-state index in [-0.39, 0.29) is 0 Å². The molecule has 4 aliphatic rings. The van der Waals surface area contributed by atoms with Gasteiger partial charge in [0.25, 0.3) is 0 Å². The summed E-state index contributed by atoms with van der Waals surface area (Å²) in [6, 6.07) is 6.07. The van der Waals surface area contributed by atoms with Crippen LogP contribution in [0.2, 0.25) is 0 Å². The van der Waals surface area contributed by atoms with E-state index in [4.69, 9.17) is 0 Å². The van der Waals surface area contributed by atoms with E-state index in [1.165, 1.54) is 31.5 Å². The molecule has 1 aromatic carbocycles. The van der Waals surface area contributed by atoms with Crippen LogP contribution in [0.5, 0.6) is 0 Å². The van der Waals surface area contributed by atoms with Crippen LogP contribution < -0.4 is 0 Å². The van der Waals surface area contributed by atoms with E-state index in [0.717, 1.165) is 36.6 Å². The standard InChI is InChI=1S/C17H20N2O/c20-17(8-16-11-19-5-3-12(16)4-6-19)13-1-2-14-9-18-10-15(14)7-13/h1-2,7,10,12,16H,3-6,8-9,11H2/t16-/m0/s1. The summed E-state index contributed by atoms with van der Waals surface area (Å²) in [5.74, 6) is 1.67. The molecule has 3 heteroatoms. The van der Waals surface area contributed by atoms with Crippen molar-refractivity contribution in [3.8, 4) is 0 Å². The first-order valence-corrected chi connectivity index (χ1v) is 7.68. The maximum Gasteiger partial charge on any atom is 0.163 e. The summed E-state index contributed by atoms with van der Waals surface area (Å²) in [7, 11) is 0. The summed E-state index contributed by atoms with van der Waals surface area (Å²) in [4.78, 5) is 19.3. The maximum absolute atomic E-state index is 12.5. The molecule has 3 nitrogen and oxygen atoms in total. The minimum atomic E-state index is 0.312. The highest BCUT2D eigenvalue weighted by Gasteiger charge is 2.35. The lowest BCUT2D eigenvalue weighted by molar-refractivity contribution is 0.0441. The molecule has 5 rings (SSSR count). The van der Waals surface area contributed by atoms with E-state index < -0.39 is 0 Å². The minimum absolute atomic E-state index is 0.312. The quantitative estimate of drug-likeness (QED) is 0.789. The highest BCUT2D eigenvalue weighted by molar-refractivity contribution is 5.98. The van der Waals surface area contributed by atoms with Gasteiger partial charge in [-0.2, -0.15) is 0 Å². The Morgan fingerprint density at radius 1 is 1.30 bits per heavy atom. The van der Waals surface area contributed by atoms with E-state index >= 15 is 0 Å². The van der Waals surface area contributed by atoms with Crippen LogP contribution >= 0.6 is 0 Å². The molecule has 1 aromatic rings. The third-order valence-corrected chi connectivity index (χ3v) is 5.20. The van der Waals surface area contributed by atoms with Crippen LogP contribution in [0.3, 0.4) is 0 Å². The van der Waals surface area contributed by atoms with Gasteiger partial charge in [-0.3, -0.25) is 9.79 Å². The number of rotatable bonds is 3. The first-order chi connectivity index (χ1) is 9.79. The summed E-state index contributed by atoms with van der Waals surface area (Å²) in [6.45, 7) is 4.38. The van der Waals surface area contributed by atoms with Crippen molar-refractivity contribution >= 4 is 12.0 Å². The van der Waals surface area contributed by atoms with Crippen molar-refractivity contribution in [2.45, 2.75) is 25.8 Å². The molecule has 0 spiro atoms. The summed E-state index contributed by atoms with van der Waals surface area (Å²) >= 11 is 0. The van der Waals surface area contributed by atoms with Crippen molar-refractivity contribution in [2.24, 2.45) is 16.8 Å². The summed E-state index contributed by atoms with van der Waals surface area (Å²) in [5.41, 5.74) is 3.24. The van der Waals surface area contributed by atoms with Crippen molar-refractivity contribution < 1.29 is 4.79 Å². The number of benzene rings is 1. The van der Waals surface area contributed by atoms with Gasteiger partial charge in [0.2, 0.25) is 0 Å². The second-order valence-electron chi connectivity index (χ2n) is 6.41. The molecule has 3 fully saturated rings. The predicted molar refractivity (Wildman–Crippen MR) is 79.3 cm³/mol. The lowest BCUT2D eigenvalue weighted by atomic mass is 9.76. The molecule has 4 aliphatic heterocycles. The maximum atomic E-state index is 12.5. The molecule has 2 bridgehead atoms. The zero-order chi connectivity index (χ0) is 13.5. The number of fused-ring (bicyclic) bond motifs is 4. The second-order valence-corrected chi connectivity index (χ2v) is 6.41. The molecule has 0 amide bonds. The van der Waals surface area contributed by atoms with Crippen LogP contribution in [0.25, 0.3) is 0 Å². The van der Waals surface area contributed by atoms with Crippen LogP contribution in [0, 0.1) is 11.8 Å². The SMILES string of the molecule is O=C(C[C@H]1CN2CCC1CC2)c1ccc2c(c1)C=NC2. The number of carbonyl (C=O) groups is 1. The Kier molecular flexibility index (Phi) is 2.95. The van der Waals surface area contributed by atoms with Gasteiger partial charge in [-0.1, -0.05) is 12.1 Å². The second kappa shape index (κ2) is 4.81. The molecule has 0 N–H and O–H groups in total. The fourth-order valence-corrected chi connectivity index (χ4v) is 3.95. The Balaban J connectivity index is 1.49. The van der Waals surface area contributed by atoms with Gasteiger partial charge in [-0.05, 0) is 55.0 Å². The van der Waals surface area contributed by atoms with Crippen molar-refractivity contribution in [1.29, 1.82) is 0 Å². The fourth-order valence-electron chi connectivity index (χ4n) is 3.95. The Morgan fingerprint density at radius 2 is 2.15 bits per heavy atom. The number of Topliss-reactive ketones (excluding diaryl/α,β-unsaturated/α-hetero) is 1. The molecule has 0 aliphatic carbocycles. The van der Waals surface area contributed by atoms with Crippen LogP contribution in [0.1, 0.15) is 40.7 Å². The first-order valence-electron chi connectivity index (χ1n) is 7.68. The van der Waals surface area contributed by atoms with Gasteiger partial charge in [0.15, 0.2) is 5.78 Å². The topological polar surface area (TPSA) is 32.7 Å². The Labute approximate surface area is 119 Å². The molecule has 3 saturated heterocycles. The molecule has 1 atom stereocenters. The van der Waals surface area contributed by atoms with E-state index in [2.05, 4.69) is 16.0 Å². The fraction of sp³-hybridized carbons (Fsp3) is 0.529. The average molecular weight is 268 g/mol. The van der Waals surface area contributed by atoms with Gasteiger partial charge >= 0.3 is 0 Å². The van der Waals surface area contributed by atoms with E-state index in [1.807, 2.05) is 18.3 Å². The lowest BCUT2D eigenvalue weighted by Crippen LogP contribution is -2.47. The van der Waals surface area contributed by atoms with E-state index in [9.17, 15) is 4.79 Å². The lowest BCUT2D eigenvalue weighted by Gasteiger charge is -2.44. The molecule has 20 heavy (non-hydrogen) atoms. The minimum Gasteiger partial charge on any atom is -0.303 e. The Bertz CT molecular complexity index is 570. The van der Waals surface area contributed by atoms with Gasteiger partial charge in [-0.15, -0.1) is 0 Å². The highest BCUT2D eigenvalue weighted by Crippen LogP contribution is 2.35. The number of hydrogen-bond donors (Lipinski definition) is 0. The molecular formula is C17H20N2O. The van der Waals surface area contributed by atoms with E-state index in [1.54, 1.807) is 0 Å². The smallest absolute Gasteiger partial charge is 0.163 e. The Hall–Kier alpha value is -1.48. The highest BCUT2D eigenvalue weighted by atomic mass is 16.1. The van der Waals surface area contributed by atoms with Gasteiger partial charge < -0.3 is 4.90 Å². The molecule has 0 radical (unpaired) electrons. The molecule has 4 heterocycles. The third-order valence-electron chi connectivity index (χ3n) is 5.20. The molecular weight excluding hydrogens is 248 g/mol. The normalized spacial score (nSPS) is 30.5. The zero-order valence-electron chi connectivity index (χ0n) is 11.7. The third kappa shape index (κ3) is 2.10. The number of ketones is 1. The van der Waals surface area contributed by atoms with Crippen molar-refractivity contribution in [1.82, 2.24) is 4.90 Å². The number of piperidine rings is 3. The van der Waals surface area contributed by atoms with Crippen molar-refractivity contribution in [2.75, 3.05) is 19.6 Å². The predicted octanol–water partition coefficient (Wildman–Crippen LogP) is 2.53. The largest absolute Gasteiger partial charge is 0.303 e. The van der Waals surface area contributed by atoms with Crippen LogP contribution in [-0.4, -0.2) is 36.5 Å². The van der Waals surface area contributed by atoms with Crippen LogP contribution in [-0.2, 0) is 6.54 Å². The zero-order valence-corrected chi connectivity index (χ0v) is 11.7. The number of carbonyl (C=O) groups excluding carboxylic acids is 1. The average Bonchev–Trinajstić information content (AvgIpc) is 2.96. The van der Waals surface area contributed by atoms with Gasteiger partial charge in [-0.25, -0.2) is 0 Å². The van der Waals surface area contributed by atoms with Crippen molar-refractivity contribution in [3.63, 3.8) is 0 Å². The molecule has 104 valence electrons. The number of hydrogen-bond acceptors (Lipinski definition) is 3.